The monoisotopic (exact) mass is 1000 g/mol. The summed E-state index contributed by atoms with van der Waals surface area (Å²) in [6.07, 6.45) is 87.3. The minimum Gasteiger partial charge on any atom is -0.462 e. The maximum atomic E-state index is 12.3. The number of hydrogen-bond donors (Lipinski definition) is 1. The Morgan fingerprint density at radius 1 is 0.333 bits per heavy atom. The van der Waals surface area contributed by atoms with Crippen molar-refractivity contribution in [3.05, 3.63) is 85.1 Å². The molecule has 416 valence electrons. The van der Waals surface area contributed by atoms with Crippen LogP contribution < -0.4 is 0 Å². The van der Waals surface area contributed by atoms with E-state index in [4.69, 9.17) is 9.47 Å². The van der Waals surface area contributed by atoms with Crippen LogP contribution in [0, 0.1) is 0 Å². The third kappa shape index (κ3) is 59.6. The maximum Gasteiger partial charge on any atom is 0.306 e. The SMILES string of the molecule is CC/C=C\C/C=C\C/C=C\C/C=C\C/C=C\C/C=C\C/C=C\CCCCCCCCCCCCCCCCCCCCCC(=O)OC(CO)COC(=O)CCCCCCCCCCCCCCCCCCC. The van der Waals surface area contributed by atoms with Crippen LogP contribution in [0.2, 0.25) is 0 Å². The van der Waals surface area contributed by atoms with Gasteiger partial charge in [0.1, 0.15) is 6.61 Å². The lowest BCUT2D eigenvalue weighted by Crippen LogP contribution is -2.28. The number of carbonyl (C=O) groups excluding carboxylic acids is 2. The normalized spacial score (nSPS) is 12.8. The van der Waals surface area contributed by atoms with Crippen LogP contribution >= 0.6 is 0 Å². The molecule has 0 heterocycles. The van der Waals surface area contributed by atoms with Gasteiger partial charge in [-0.15, -0.1) is 0 Å². The lowest BCUT2D eigenvalue weighted by atomic mass is 10.0. The van der Waals surface area contributed by atoms with Gasteiger partial charge in [-0.3, -0.25) is 9.59 Å². The summed E-state index contributed by atoms with van der Waals surface area (Å²) < 4.78 is 10.7. The molecular weight excluding hydrogens is 885 g/mol. The van der Waals surface area contributed by atoms with Gasteiger partial charge < -0.3 is 14.6 Å². The van der Waals surface area contributed by atoms with E-state index >= 15 is 0 Å². The molecule has 1 unspecified atom stereocenters. The third-order valence-electron chi connectivity index (χ3n) is 13.7. The van der Waals surface area contributed by atoms with Gasteiger partial charge in [-0.25, -0.2) is 0 Å². The lowest BCUT2D eigenvalue weighted by Gasteiger charge is -2.15. The fourth-order valence-electron chi connectivity index (χ4n) is 9.07. The fourth-order valence-corrected chi connectivity index (χ4v) is 9.07. The molecule has 0 spiro atoms. The fraction of sp³-hybridized carbons (Fsp3) is 0.761. The Hall–Kier alpha value is -2.92. The van der Waals surface area contributed by atoms with Crippen molar-refractivity contribution in [2.45, 2.75) is 315 Å². The van der Waals surface area contributed by atoms with Crippen LogP contribution in [0.3, 0.4) is 0 Å². The topological polar surface area (TPSA) is 72.8 Å². The van der Waals surface area contributed by atoms with Gasteiger partial charge in [0, 0.05) is 12.8 Å². The van der Waals surface area contributed by atoms with Crippen LogP contribution in [0.4, 0.5) is 0 Å². The first-order valence-electron chi connectivity index (χ1n) is 31.1. The Morgan fingerprint density at radius 3 is 0.903 bits per heavy atom. The Morgan fingerprint density at radius 2 is 0.597 bits per heavy atom. The molecule has 0 aromatic rings. The number of aliphatic hydroxyl groups excluding tert-OH is 1. The summed E-state index contributed by atoms with van der Waals surface area (Å²) in [6, 6.07) is 0. The molecule has 0 saturated carbocycles. The predicted octanol–water partition coefficient (Wildman–Crippen LogP) is 21.3. The molecule has 5 nitrogen and oxygen atoms in total. The van der Waals surface area contributed by atoms with Gasteiger partial charge >= 0.3 is 11.9 Å². The highest BCUT2D eigenvalue weighted by Crippen LogP contribution is 2.17. The molecule has 5 heteroatoms. The number of unbranched alkanes of at least 4 members (excludes halogenated alkanes) is 35. The predicted molar refractivity (Wildman–Crippen MR) is 316 cm³/mol. The number of hydrogen-bond acceptors (Lipinski definition) is 5. The van der Waals surface area contributed by atoms with Gasteiger partial charge in [-0.2, -0.15) is 0 Å². The molecule has 1 atom stereocenters. The molecule has 0 aromatic heterocycles. The highest BCUT2D eigenvalue weighted by molar-refractivity contribution is 5.70. The largest absolute Gasteiger partial charge is 0.462 e. The van der Waals surface area contributed by atoms with Gasteiger partial charge in [0.25, 0.3) is 0 Å². The Kier molecular flexibility index (Phi) is 59.8. The first-order valence-corrected chi connectivity index (χ1v) is 31.1. The number of carbonyl (C=O) groups is 2. The van der Waals surface area contributed by atoms with Gasteiger partial charge in [0.15, 0.2) is 6.10 Å². The highest BCUT2D eigenvalue weighted by Gasteiger charge is 2.16. The van der Waals surface area contributed by atoms with E-state index in [-0.39, 0.29) is 25.2 Å². The van der Waals surface area contributed by atoms with Crippen LogP contribution in [0.5, 0.6) is 0 Å². The second-order valence-corrected chi connectivity index (χ2v) is 20.8. The molecule has 0 rings (SSSR count). The smallest absolute Gasteiger partial charge is 0.306 e. The summed E-state index contributed by atoms with van der Waals surface area (Å²) >= 11 is 0. The van der Waals surface area contributed by atoms with Crippen molar-refractivity contribution >= 4 is 11.9 Å². The molecule has 1 N–H and O–H groups in total. The van der Waals surface area contributed by atoms with Crippen LogP contribution in [-0.4, -0.2) is 36.4 Å². The van der Waals surface area contributed by atoms with E-state index < -0.39 is 6.10 Å². The minimum atomic E-state index is -0.771. The lowest BCUT2D eigenvalue weighted by molar-refractivity contribution is -0.161. The van der Waals surface area contributed by atoms with Crippen molar-refractivity contribution in [2.75, 3.05) is 13.2 Å². The summed E-state index contributed by atoms with van der Waals surface area (Å²) in [5, 5.41) is 9.66. The van der Waals surface area contributed by atoms with Crippen molar-refractivity contribution in [1.29, 1.82) is 0 Å². The van der Waals surface area contributed by atoms with Crippen LogP contribution in [0.1, 0.15) is 309 Å². The number of rotatable bonds is 57. The van der Waals surface area contributed by atoms with E-state index in [1.54, 1.807) is 0 Å². The van der Waals surface area contributed by atoms with Crippen LogP contribution in [0.25, 0.3) is 0 Å². The molecule has 0 amide bonds. The van der Waals surface area contributed by atoms with E-state index in [1.807, 2.05) is 0 Å². The zero-order chi connectivity index (χ0) is 52.0. The van der Waals surface area contributed by atoms with Crippen molar-refractivity contribution in [1.82, 2.24) is 0 Å². The van der Waals surface area contributed by atoms with Gasteiger partial charge in [-0.1, -0.05) is 311 Å². The summed E-state index contributed by atoms with van der Waals surface area (Å²) in [4.78, 5) is 24.5. The van der Waals surface area contributed by atoms with E-state index in [1.165, 1.54) is 199 Å². The molecule has 0 saturated heterocycles. The molecular formula is C67H118O5. The first-order chi connectivity index (χ1) is 35.6. The Balaban J connectivity index is 3.44. The summed E-state index contributed by atoms with van der Waals surface area (Å²) in [7, 11) is 0. The second kappa shape index (κ2) is 62.4. The molecule has 0 radical (unpaired) electrons. The van der Waals surface area contributed by atoms with Crippen molar-refractivity contribution in [2.24, 2.45) is 0 Å². The molecule has 0 bridgehead atoms. The van der Waals surface area contributed by atoms with E-state index in [0.717, 1.165) is 83.5 Å². The van der Waals surface area contributed by atoms with E-state index in [0.29, 0.717) is 12.8 Å². The van der Waals surface area contributed by atoms with Gasteiger partial charge in [0.2, 0.25) is 0 Å². The second-order valence-electron chi connectivity index (χ2n) is 20.8. The third-order valence-corrected chi connectivity index (χ3v) is 13.7. The number of ether oxygens (including phenoxy) is 2. The summed E-state index contributed by atoms with van der Waals surface area (Å²) in [5.74, 6) is -0.575. The molecule has 0 fully saturated rings. The quantitative estimate of drug-likeness (QED) is 0.0373. The molecule has 72 heavy (non-hydrogen) atoms. The zero-order valence-corrected chi connectivity index (χ0v) is 47.7. The summed E-state index contributed by atoms with van der Waals surface area (Å²) in [5.41, 5.74) is 0. The maximum absolute atomic E-state index is 12.3. The molecule has 0 aliphatic rings. The Labute approximate surface area is 447 Å². The van der Waals surface area contributed by atoms with Crippen LogP contribution in [0.15, 0.2) is 85.1 Å². The van der Waals surface area contributed by atoms with Crippen molar-refractivity contribution < 1.29 is 24.2 Å². The van der Waals surface area contributed by atoms with Crippen molar-refractivity contribution in [3.8, 4) is 0 Å². The van der Waals surface area contributed by atoms with E-state index in [2.05, 4.69) is 98.9 Å². The van der Waals surface area contributed by atoms with Gasteiger partial charge in [0.05, 0.1) is 6.61 Å². The first kappa shape index (κ1) is 69.1. The Bertz CT molecular complexity index is 1320. The number of esters is 2. The molecule has 0 aliphatic carbocycles. The standard InChI is InChI=1S/C67H118O5/c1-3-5-7-9-11-13-15-17-19-21-22-23-24-25-26-27-28-29-30-31-32-33-34-35-36-37-38-39-40-41-42-43-44-46-48-50-52-54-56-58-60-62-67(70)72-65(63-68)64-71-66(69)61-59-57-55-53-51-49-47-45-20-18-16-14-12-10-8-6-4-2/h5,7,11,13,17,19,22-23,25-26,28-29,31-32,65,68H,3-4,6,8-10,12,14-16,18,20-21,24,27,30,33-64H2,1-2H3/b7-5-,13-11-,19-17-,23-22-,26-25-,29-28-,32-31-. The summed E-state index contributed by atoms with van der Waals surface area (Å²) in [6.45, 7) is 4.06. The molecule has 0 aromatic carbocycles. The van der Waals surface area contributed by atoms with Crippen LogP contribution in [-0.2, 0) is 19.1 Å². The average Bonchev–Trinajstić information content (AvgIpc) is 3.38. The van der Waals surface area contributed by atoms with Crippen molar-refractivity contribution in [3.63, 3.8) is 0 Å². The van der Waals surface area contributed by atoms with Gasteiger partial charge in [-0.05, 0) is 70.6 Å². The molecule has 0 aliphatic heterocycles. The van der Waals surface area contributed by atoms with E-state index in [9.17, 15) is 14.7 Å². The number of aliphatic hydroxyl groups is 1. The zero-order valence-electron chi connectivity index (χ0n) is 47.7. The highest BCUT2D eigenvalue weighted by atomic mass is 16.6. The average molecular weight is 1000 g/mol. The minimum absolute atomic E-state index is 0.0618. The number of allylic oxidation sites excluding steroid dienone is 14.